The van der Waals surface area contributed by atoms with E-state index in [2.05, 4.69) is 0 Å². The first-order chi connectivity index (χ1) is 7.27. The number of hydrogen-bond acceptors (Lipinski definition) is 2. The van der Waals surface area contributed by atoms with E-state index in [0.29, 0.717) is 5.56 Å². The fourth-order valence-electron chi connectivity index (χ4n) is 0.958. The maximum absolute atomic E-state index is 13.1. The molecular formula is C12H7FN2. The Bertz CT molecular complexity index is 471. The Morgan fingerprint density at radius 1 is 1.20 bits per heavy atom. The molecule has 0 heterocycles. The van der Waals surface area contributed by atoms with Crippen LogP contribution < -0.4 is 0 Å². The predicted molar refractivity (Wildman–Crippen MR) is 54.7 cm³/mol. The minimum absolute atomic E-state index is 0.0115. The van der Waals surface area contributed by atoms with E-state index in [0.717, 1.165) is 0 Å². The van der Waals surface area contributed by atoms with Gasteiger partial charge in [0.15, 0.2) is 0 Å². The van der Waals surface area contributed by atoms with Crippen LogP contribution in [0.25, 0.3) is 6.08 Å². The van der Waals surface area contributed by atoms with E-state index in [-0.39, 0.29) is 11.4 Å². The SMILES string of the molecule is N#CC(C#N)=C/C=C/c1ccccc1F. The first-order valence-electron chi connectivity index (χ1n) is 4.21. The van der Waals surface area contributed by atoms with Crippen LogP contribution in [0.2, 0.25) is 0 Å². The summed E-state index contributed by atoms with van der Waals surface area (Å²) >= 11 is 0. The zero-order valence-corrected chi connectivity index (χ0v) is 7.81. The van der Waals surface area contributed by atoms with Gasteiger partial charge < -0.3 is 0 Å². The lowest BCUT2D eigenvalue weighted by Gasteiger charge is -1.93. The van der Waals surface area contributed by atoms with Gasteiger partial charge in [-0.05, 0) is 12.1 Å². The van der Waals surface area contributed by atoms with Gasteiger partial charge in [-0.3, -0.25) is 0 Å². The largest absolute Gasteiger partial charge is 0.206 e. The summed E-state index contributed by atoms with van der Waals surface area (Å²) in [5.74, 6) is -0.336. The van der Waals surface area contributed by atoms with E-state index < -0.39 is 0 Å². The molecule has 0 aliphatic rings. The molecule has 0 aliphatic carbocycles. The molecule has 1 aromatic carbocycles. The number of rotatable bonds is 2. The Morgan fingerprint density at radius 2 is 1.87 bits per heavy atom. The van der Waals surface area contributed by atoms with Gasteiger partial charge in [-0.1, -0.05) is 30.4 Å². The first-order valence-corrected chi connectivity index (χ1v) is 4.21. The first kappa shape index (κ1) is 10.7. The van der Waals surface area contributed by atoms with Crippen LogP contribution >= 0.6 is 0 Å². The Labute approximate surface area is 87.2 Å². The van der Waals surface area contributed by atoms with Gasteiger partial charge >= 0.3 is 0 Å². The van der Waals surface area contributed by atoms with E-state index in [4.69, 9.17) is 10.5 Å². The van der Waals surface area contributed by atoms with E-state index in [1.54, 1.807) is 30.3 Å². The molecule has 3 heteroatoms. The summed E-state index contributed by atoms with van der Waals surface area (Å²) in [6, 6.07) is 9.68. The van der Waals surface area contributed by atoms with Crippen molar-refractivity contribution in [3.63, 3.8) is 0 Å². The summed E-state index contributed by atoms with van der Waals surface area (Å²) in [6.07, 6.45) is 4.32. The molecule has 0 saturated heterocycles. The number of allylic oxidation sites excluding steroid dienone is 3. The lowest BCUT2D eigenvalue weighted by Crippen LogP contribution is -1.78. The summed E-state index contributed by atoms with van der Waals surface area (Å²) in [4.78, 5) is 0. The Kier molecular flexibility index (Phi) is 3.82. The number of nitriles is 2. The lowest BCUT2D eigenvalue weighted by atomic mass is 10.2. The fraction of sp³-hybridized carbons (Fsp3) is 0. The molecule has 0 radical (unpaired) electrons. The summed E-state index contributed by atoms with van der Waals surface area (Å²) in [5.41, 5.74) is 0.409. The molecule has 2 nitrogen and oxygen atoms in total. The van der Waals surface area contributed by atoms with Crippen LogP contribution in [0, 0.1) is 28.5 Å². The highest BCUT2D eigenvalue weighted by molar-refractivity contribution is 5.53. The monoisotopic (exact) mass is 198 g/mol. The second-order valence-electron chi connectivity index (χ2n) is 2.68. The molecule has 72 valence electrons. The van der Waals surface area contributed by atoms with Gasteiger partial charge in [0.05, 0.1) is 0 Å². The Hall–Kier alpha value is -2.39. The van der Waals surface area contributed by atoms with Gasteiger partial charge in [0.2, 0.25) is 0 Å². The highest BCUT2D eigenvalue weighted by Crippen LogP contribution is 2.08. The fourth-order valence-corrected chi connectivity index (χ4v) is 0.958. The molecule has 1 rings (SSSR count). The van der Waals surface area contributed by atoms with E-state index in [1.807, 2.05) is 0 Å². The molecule has 0 bridgehead atoms. The second kappa shape index (κ2) is 5.36. The van der Waals surface area contributed by atoms with E-state index in [1.165, 1.54) is 24.3 Å². The maximum atomic E-state index is 13.1. The summed E-state index contributed by atoms with van der Waals surface area (Å²) < 4.78 is 13.1. The molecule has 1 aromatic rings. The number of nitrogens with zero attached hydrogens (tertiary/aromatic N) is 2. The number of halogens is 1. The van der Waals surface area contributed by atoms with Crippen LogP contribution in [-0.2, 0) is 0 Å². The van der Waals surface area contributed by atoms with Crippen molar-refractivity contribution in [3.05, 3.63) is 53.4 Å². The van der Waals surface area contributed by atoms with Gasteiger partial charge in [0.1, 0.15) is 23.5 Å². The highest BCUT2D eigenvalue weighted by Gasteiger charge is 1.94. The van der Waals surface area contributed by atoms with Crippen molar-refractivity contribution in [2.75, 3.05) is 0 Å². The normalized spacial score (nSPS) is 9.27. The molecule has 0 fully saturated rings. The van der Waals surface area contributed by atoms with Crippen LogP contribution in [0.1, 0.15) is 5.56 Å². The lowest BCUT2D eigenvalue weighted by molar-refractivity contribution is 0.625. The van der Waals surface area contributed by atoms with Crippen LogP contribution in [0.5, 0.6) is 0 Å². The standard InChI is InChI=1S/C12H7FN2/c13-12-7-2-1-5-11(12)6-3-4-10(8-14)9-15/h1-7H/b6-3+. The summed E-state index contributed by atoms with van der Waals surface area (Å²) in [5, 5.41) is 16.9. The zero-order chi connectivity index (χ0) is 11.1. The molecular weight excluding hydrogens is 191 g/mol. The smallest absolute Gasteiger partial charge is 0.130 e. The molecule has 0 N–H and O–H groups in total. The van der Waals surface area contributed by atoms with Gasteiger partial charge in [0, 0.05) is 5.56 Å². The molecule has 0 atom stereocenters. The second-order valence-corrected chi connectivity index (χ2v) is 2.68. The van der Waals surface area contributed by atoms with Crippen LogP contribution in [0.3, 0.4) is 0 Å². The predicted octanol–water partition coefficient (Wildman–Crippen LogP) is 2.81. The van der Waals surface area contributed by atoms with Gasteiger partial charge in [-0.2, -0.15) is 10.5 Å². The van der Waals surface area contributed by atoms with Crippen molar-refractivity contribution >= 4 is 6.08 Å². The van der Waals surface area contributed by atoms with Gasteiger partial charge in [0.25, 0.3) is 0 Å². The van der Waals surface area contributed by atoms with Crippen LogP contribution in [0.15, 0.2) is 42.0 Å². The molecule has 0 aromatic heterocycles. The quantitative estimate of drug-likeness (QED) is 0.541. The molecule has 15 heavy (non-hydrogen) atoms. The average Bonchev–Trinajstić information content (AvgIpc) is 2.27. The molecule has 0 aliphatic heterocycles. The number of benzene rings is 1. The zero-order valence-electron chi connectivity index (χ0n) is 7.81. The van der Waals surface area contributed by atoms with Crippen LogP contribution in [-0.4, -0.2) is 0 Å². The molecule has 0 unspecified atom stereocenters. The van der Waals surface area contributed by atoms with Gasteiger partial charge in [-0.15, -0.1) is 0 Å². The topological polar surface area (TPSA) is 47.6 Å². The van der Waals surface area contributed by atoms with Crippen molar-refractivity contribution in [3.8, 4) is 12.1 Å². The Morgan fingerprint density at radius 3 is 2.47 bits per heavy atom. The third-order valence-electron chi connectivity index (χ3n) is 1.68. The molecule has 0 spiro atoms. The van der Waals surface area contributed by atoms with E-state index in [9.17, 15) is 4.39 Å². The minimum atomic E-state index is -0.336. The van der Waals surface area contributed by atoms with Crippen molar-refractivity contribution in [1.82, 2.24) is 0 Å². The third kappa shape index (κ3) is 3.10. The van der Waals surface area contributed by atoms with Crippen LogP contribution in [0.4, 0.5) is 4.39 Å². The third-order valence-corrected chi connectivity index (χ3v) is 1.68. The average molecular weight is 198 g/mol. The Balaban J connectivity index is 2.86. The van der Waals surface area contributed by atoms with Gasteiger partial charge in [-0.25, -0.2) is 4.39 Å². The van der Waals surface area contributed by atoms with Crippen molar-refractivity contribution in [2.24, 2.45) is 0 Å². The number of hydrogen-bond donors (Lipinski definition) is 0. The molecule has 0 saturated carbocycles. The highest BCUT2D eigenvalue weighted by atomic mass is 19.1. The van der Waals surface area contributed by atoms with Crippen molar-refractivity contribution in [2.45, 2.75) is 0 Å². The minimum Gasteiger partial charge on any atom is -0.206 e. The van der Waals surface area contributed by atoms with Crippen molar-refractivity contribution < 1.29 is 4.39 Å². The summed E-state index contributed by atoms with van der Waals surface area (Å²) in [7, 11) is 0. The van der Waals surface area contributed by atoms with E-state index >= 15 is 0 Å². The van der Waals surface area contributed by atoms with Crippen molar-refractivity contribution in [1.29, 1.82) is 10.5 Å². The molecule has 0 amide bonds. The summed E-state index contributed by atoms with van der Waals surface area (Å²) in [6.45, 7) is 0. The maximum Gasteiger partial charge on any atom is 0.130 e.